The van der Waals surface area contributed by atoms with Crippen LogP contribution in [0.2, 0.25) is 0 Å². The standard InChI is InChI=1S/C48H83N3O16P2/c1-3-5-7-9-11-12-13-14-15-16-17-18-19-23-27-31-43(52)61-35-38(64-44(53)32-28-24-20-22-26-30-40-39(65-40)29-25-21-10-8-6-4-2)36-62-68(57,58)67-69(59,60)63-37-41-45(54)46(55)47(66-41)51-34-33-42(49)50-48(51)56/h14-15,21,25,33-34,38-41,45-47,54-55H,3-13,16-20,22-24,26-32,35-37H2,1-2H3,(H,57,58)(H,59,60)(H2,49,50,56)/b15-14-,25-21-/t38-,39?,40?,41-,45-,46-,47-/m1/s1. The van der Waals surface area contributed by atoms with Crippen molar-refractivity contribution in [3.8, 4) is 0 Å². The molecule has 2 fully saturated rings. The van der Waals surface area contributed by atoms with Gasteiger partial charge in [0.1, 0.15) is 30.7 Å². The number of aliphatic hydroxyl groups excluding tert-OH is 2. The first-order valence-electron chi connectivity index (χ1n) is 25.5. The Morgan fingerprint density at radius 3 is 1.91 bits per heavy atom. The van der Waals surface area contributed by atoms with Crippen molar-refractivity contribution in [2.75, 3.05) is 25.6 Å². The third kappa shape index (κ3) is 27.0. The molecule has 0 saturated carbocycles. The number of rotatable bonds is 41. The van der Waals surface area contributed by atoms with E-state index in [-0.39, 0.29) is 18.7 Å². The lowest BCUT2D eigenvalue weighted by Crippen LogP contribution is -2.36. The highest BCUT2D eigenvalue weighted by molar-refractivity contribution is 7.61. The van der Waals surface area contributed by atoms with E-state index in [1.165, 1.54) is 63.9 Å². The third-order valence-corrected chi connectivity index (χ3v) is 14.5. The molecule has 6 N–H and O–H groups in total. The number of allylic oxidation sites excluding steroid dienone is 3. The number of hydrogen-bond acceptors (Lipinski definition) is 16. The van der Waals surface area contributed by atoms with Crippen molar-refractivity contribution in [2.45, 2.75) is 224 Å². The van der Waals surface area contributed by atoms with Crippen molar-refractivity contribution in [3.05, 3.63) is 47.1 Å². The number of aromatic nitrogens is 2. The van der Waals surface area contributed by atoms with E-state index in [4.69, 9.17) is 33.7 Å². The molecule has 69 heavy (non-hydrogen) atoms. The minimum Gasteiger partial charge on any atom is -0.462 e. The molecule has 0 bridgehead atoms. The summed E-state index contributed by atoms with van der Waals surface area (Å²) in [5.74, 6) is -1.32. The van der Waals surface area contributed by atoms with E-state index >= 15 is 0 Å². The Hall–Kier alpha value is -2.80. The summed E-state index contributed by atoms with van der Waals surface area (Å²) in [6.07, 6.45) is 28.4. The number of nitrogens with two attached hydrogens (primary N) is 1. The van der Waals surface area contributed by atoms with E-state index in [1.807, 2.05) is 0 Å². The maximum Gasteiger partial charge on any atom is 0.481 e. The van der Waals surface area contributed by atoms with Crippen LogP contribution in [0.4, 0.5) is 5.82 Å². The van der Waals surface area contributed by atoms with Gasteiger partial charge in [-0.05, 0) is 70.3 Å². The Labute approximate surface area is 409 Å². The van der Waals surface area contributed by atoms with Gasteiger partial charge in [0.15, 0.2) is 12.3 Å². The van der Waals surface area contributed by atoms with E-state index in [9.17, 15) is 43.5 Å². The highest BCUT2D eigenvalue weighted by atomic mass is 31.3. The first-order chi connectivity index (χ1) is 33.1. The van der Waals surface area contributed by atoms with E-state index in [0.29, 0.717) is 25.0 Å². The molecule has 0 aromatic carbocycles. The lowest BCUT2D eigenvalue weighted by molar-refractivity contribution is -0.161. The minimum absolute atomic E-state index is 0.0266. The number of hydrogen-bond donors (Lipinski definition) is 5. The summed E-state index contributed by atoms with van der Waals surface area (Å²) in [7, 11) is -10.9. The van der Waals surface area contributed by atoms with Crippen LogP contribution in [0.1, 0.15) is 187 Å². The fourth-order valence-electron chi connectivity index (χ4n) is 7.84. The molecule has 2 aliphatic heterocycles. The molecule has 2 aliphatic rings. The van der Waals surface area contributed by atoms with E-state index < -0.39 is 83.7 Å². The average Bonchev–Trinajstić information content (AvgIpc) is 3.99. The van der Waals surface area contributed by atoms with Crippen LogP contribution in [0.3, 0.4) is 0 Å². The predicted molar refractivity (Wildman–Crippen MR) is 261 cm³/mol. The summed E-state index contributed by atoms with van der Waals surface area (Å²) < 4.78 is 62.6. The number of phosphoric ester groups is 2. The first-order valence-corrected chi connectivity index (χ1v) is 28.5. The number of epoxide rings is 1. The minimum atomic E-state index is -5.43. The highest BCUT2D eigenvalue weighted by Gasteiger charge is 2.46. The van der Waals surface area contributed by atoms with Crippen LogP contribution in [0.15, 0.2) is 41.4 Å². The number of nitrogen functional groups attached to an aromatic ring is 1. The van der Waals surface area contributed by atoms with Crippen molar-refractivity contribution < 1.29 is 71.0 Å². The predicted octanol–water partition coefficient (Wildman–Crippen LogP) is 9.21. The number of carbonyl (C=O) groups is 2. The van der Waals surface area contributed by atoms with Crippen molar-refractivity contribution in [1.29, 1.82) is 0 Å². The number of anilines is 1. The molecule has 3 rings (SSSR count). The molecule has 0 radical (unpaired) electrons. The van der Waals surface area contributed by atoms with Crippen LogP contribution < -0.4 is 11.4 Å². The van der Waals surface area contributed by atoms with Crippen LogP contribution in [0.25, 0.3) is 0 Å². The zero-order valence-electron chi connectivity index (χ0n) is 41.1. The molecule has 4 unspecified atom stereocenters. The van der Waals surface area contributed by atoms with Gasteiger partial charge in [0, 0.05) is 19.0 Å². The highest BCUT2D eigenvalue weighted by Crippen LogP contribution is 2.60. The molecule has 0 amide bonds. The smallest absolute Gasteiger partial charge is 0.462 e. The Balaban J connectivity index is 1.40. The molecule has 0 spiro atoms. The molecule has 19 nitrogen and oxygen atoms in total. The summed E-state index contributed by atoms with van der Waals surface area (Å²) in [5.41, 5.74) is 4.59. The second-order valence-electron chi connectivity index (χ2n) is 18.1. The van der Waals surface area contributed by atoms with Crippen molar-refractivity contribution >= 4 is 33.4 Å². The normalized spacial score (nSPS) is 22.5. The van der Waals surface area contributed by atoms with E-state index in [1.54, 1.807) is 0 Å². The van der Waals surface area contributed by atoms with Crippen molar-refractivity contribution in [2.24, 2.45) is 0 Å². The van der Waals surface area contributed by atoms with E-state index in [2.05, 4.69) is 47.4 Å². The molecule has 9 atom stereocenters. The molecule has 396 valence electrons. The topological polar surface area (TPSA) is 278 Å². The molecule has 2 saturated heterocycles. The van der Waals surface area contributed by atoms with Gasteiger partial charge in [0.25, 0.3) is 0 Å². The average molecular weight is 1020 g/mol. The summed E-state index contributed by atoms with van der Waals surface area (Å²) in [4.78, 5) is 61.9. The molecule has 3 heterocycles. The number of unbranched alkanes of at least 4 members (excludes halogenated alkanes) is 18. The van der Waals surface area contributed by atoms with Crippen molar-refractivity contribution in [3.63, 3.8) is 0 Å². The van der Waals surface area contributed by atoms with Crippen molar-refractivity contribution in [1.82, 2.24) is 9.55 Å². The summed E-state index contributed by atoms with van der Waals surface area (Å²) in [6, 6.07) is 1.25. The Morgan fingerprint density at radius 2 is 1.26 bits per heavy atom. The van der Waals surface area contributed by atoms with Gasteiger partial charge in [-0.2, -0.15) is 9.29 Å². The summed E-state index contributed by atoms with van der Waals surface area (Å²) >= 11 is 0. The zero-order valence-corrected chi connectivity index (χ0v) is 42.9. The van der Waals surface area contributed by atoms with Crippen LogP contribution >= 0.6 is 15.6 Å². The maximum absolute atomic E-state index is 12.9. The van der Waals surface area contributed by atoms with Gasteiger partial charge in [0.05, 0.1) is 25.4 Å². The number of carbonyl (C=O) groups excluding carboxylic acids is 2. The molecular weight excluding hydrogens is 936 g/mol. The van der Waals surface area contributed by atoms with Crippen LogP contribution in [0, 0.1) is 0 Å². The lowest BCUT2D eigenvalue weighted by Gasteiger charge is -2.21. The van der Waals surface area contributed by atoms with Gasteiger partial charge in [-0.1, -0.05) is 128 Å². The largest absolute Gasteiger partial charge is 0.481 e. The monoisotopic (exact) mass is 1020 g/mol. The Bertz CT molecular complexity index is 1820. The second-order valence-corrected chi connectivity index (χ2v) is 21.1. The molecular formula is C48H83N3O16P2. The van der Waals surface area contributed by atoms with Gasteiger partial charge in [-0.15, -0.1) is 0 Å². The SMILES string of the molecule is CCCCC/C=C\CC1OC1CCCCCCCC(=O)O[C@H](COC(=O)CCCCCCC/C=C\CCCCCCCC)COP(=O)(O)OP(=O)(O)OC[C@H]1O[C@@H](n2ccc(N)nc2=O)[C@H](O)[C@@H]1O. The quantitative estimate of drug-likeness (QED) is 0.0134. The zero-order chi connectivity index (χ0) is 50.3. The van der Waals surface area contributed by atoms with Gasteiger partial charge in [-0.3, -0.25) is 23.2 Å². The second kappa shape index (κ2) is 34.5. The van der Waals surface area contributed by atoms with E-state index in [0.717, 1.165) is 94.2 Å². The van der Waals surface area contributed by atoms with Crippen LogP contribution in [-0.2, 0) is 51.0 Å². The molecule has 1 aromatic heterocycles. The molecule has 0 aliphatic carbocycles. The lowest BCUT2D eigenvalue weighted by atomic mass is 10.1. The number of phosphoric acid groups is 2. The van der Waals surface area contributed by atoms with Gasteiger partial charge >= 0.3 is 33.3 Å². The summed E-state index contributed by atoms with van der Waals surface area (Å²) in [6.45, 7) is 2.09. The third-order valence-electron chi connectivity index (χ3n) is 11.9. The fraction of sp³-hybridized carbons (Fsp3) is 0.792. The Morgan fingerprint density at radius 1 is 0.710 bits per heavy atom. The summed E-state index contributed by atoms with van der Waals surface area (Å²) in [5, 5.41) is 20.9. The number of nitrogens with zero attached hydrogens (tertiary/aromatic N) is 2. The molecule has 1 aromatic rings. The first kappa shape index (κ1) is 60.5. The fourth-order valence-corrected chi connectivity index (χ4v) is 9.95. The number of esters is 2. The molecule has 21 heteroatoms. The number of ether oxygens (including phenoxy) is 4. The maximum atomic E-state index is 12.9. The van der Waals surface area contributed by atoms with Crippen LogP contribution in [0.5, 0.6) is 0 Å². The van der Waals surface area contributed by atoms with Crippen LogP contribution in [-0.4, -0.2) is 97.9 Å². The van der Waals surface area contributed by atoms with Gasteiger partial charge < -0.3 is 44.7 Å². The van der Waals surface area contributed by atoms with Gasteiger partial charge in [0.2, 0.25) is 0 Å². The van der Waals surface area contributed by atoms with Gasteiger partial charge in [-0.25, -0.2) is 13.9 Å². The number of aliphatic hydroxyl groups is 2. The Kier molecular flexibility index (Phi) is 30.3.